The highest BCUT2D eigenvalue weighted by atomic mass is 31.1. The summed E-state index contributed by atoms with van der Waals surface area (Å²) in [7, 11) is -2.72. The van der Waals surface area contributed by atoms with E-state index in [1.165, 1.54) is 6.33 Å². The van der Waals surface area contributed by atoms with Gasteiger partial charge in [-0.15, -0.1) is 9.42 Å². The molecule has 4 atom stereocenters. The zero-order valence-electron chi connectivity index (χ0n) is 14.4. The third-order valence-corrected chi connectivity index (χ3v) is 4.84. The summed E-state index contributed by atoms with van der Waals surface area (Å²) in [6.07, 6.45) is 1.86. The molecule has 0 aliphatic heterocycles. The van der Waals surface area contributed by atoms with Gasteiger partial charge < -0.3 is 15.7 Å². The Morgan fingerprint density at radius 3 is 2.67 bits per heavy atom. The number of hydrogen-bond donors (Lipinski definition) is 4. The number of carbonyl (C=O) groups excluding carboxylic acids is 1. The number of aliphatic hydroxyl groups excluding tert-OH is 1. The average Bonchev–Trinajstić information content (AvgIpc) is 3.03. The fourth-order valence-corrected chi connectivity index (χ4v) is 3.62. The summed E-state index contributed by atoms with van der Waals surface area (Å²) >= 11 is 0. The Balaban J connectivity index is 1.62. The number of aromatic nitrogens is 2. The molecule has 27 heavy (non-hydrogen) atoms. The molecule has 1 aromatic carbocycles. The minimum Gasteiger partial charge on any atom is -0.396 e. The van der Waals surface area contributed by atoms with Crippen LogP contribution in [-0.4, -0.2) is 44.6 Å². The number of aliphatic hydroxyl groups is 1. The molecule has 9 nitrogen and oxygen atoms in total. The highest BCUT2D eigenvalue weighted by Crippen LogP contribution is 2.35. The molecule has 142 valence electrons. The quantitative estimate of drug-likeness (QED) is 0.526. The van der Waals surface area contributed by atoms with Crippen LogP contribution in [0.4, 0.5) is 11.6 Å². The van der Waals surface area contributed by atoms with Crippen molar-refractivity contribution in [3.8, 4) is 0 Å². The molecule has 1 heterocycles. The van der Waals surface area contributed by atoms with Gasteiger partial charge in [-0.2, -0.15) is 0 Å². The van der Waals surface area contributed by atoms with Crippen LogP contribution in [0.15, 0.2) is 42.7 Å². The zero-order valence-corrected chi connectivity index (χ0v) is 15.3. The summed E-state index contributed by atoms with van der Waals surface area (Å²) < 4.78 is 15.9. The number of rotatable bonds is 7. The van der Waals surface area contributed by atoms with E-state index in [1.54, 1.807) is 30.3 Å². The summed E-state index contributed by atoms with van der Waals surface area (Å²) in [4.78, 5) is 29.3. The second-order valence-corrected chi connectivity index (χ2v) is 6.93. The van der Waals surface area contributed by atoms with Gasteiger partial charge in [0.05, 0.1) is 0 Å². The van der Waals surface area contributed by atoms with E-state index in [0.717, 1.165) is 0 Å². The molecular formula is C17H20N4O5P+. The number of benzene rings is 1. The average molecular weight is 391 g/mol. The minimum absolute atomic E-state index is 0.0883. The summed E-state index contributed by atoms with van der Waals surface area (Å²) in [6.45, 7) is -0.131. The number of anilines is 2. The third-order valence-electron chi connectivity index (χ3n) is 4.39. The summed E-state index contributed by atoms with van der Waals surface area (Å²) in [6, 6.07) is 10.3. The molecule has 0 radical (unpaired) electrons. The first-order valence-corrected chi connectivity index (χ1v) is 9.57. The fourth-order valence-electron chi connectivity index (χ4n) is 3.13. The normalized spacial score (nSPS) is 22.3. The highest BCUT2D eigenvalue weighted by molar-refractivity contribution is 7.32. The second-order valence-electron chi connectivity index (χ2n) is 6.25. The van der Waals surface area contributed by atoms with E-state index in [-0.39, 0.29) is 24.5 Å². The Morgan fingerprint density at radius 1 is 1.22 bits per heavy atom. The lowest BCUT2D eigenvalue weighted by atomic mass is 10.1. The van der Waals surface area contributed by atoms with Gasteiger partial charge in [0, 0.05) is 34.8 Å². The molecule has 2 aromatic rings. The molecule has 1 amide bonds. The van der Waals surface area contributed by atoms with Crippen molar-refractivity contribution in [2.45, 2.75) is 25.0 Å². The van der Waals surface area contributed by atoms with E-state index >= 15 is 0 Å². The van der Waals surface area contributed by atoms with Crippen molar-refractivity contribution in [3.63, 3.8) is 0 Å². The lowest BCUT2D eigenvalue weighted by molar-refractivity contribution is 0.102. The van der Waals surface area contributed by atoms with Crippen molar-refractivity contribution in [2.24, 2.45) is 5.92 Å². The largest absolute Gasteiger partial charge is 0.695 e. The lowest BCUT2D eigenvalue weighted by Gasteiger charge is -2.13. The van der Waals surface area contributed by atoms with Crippen LogP contribution in [0.5, 0.6) is 0 Å². The molecule has 1 fully saturated rings. The van der Waals surface area contributed by atoms with Crippen LogP contribution in [0.2, 0.25) is 0 Å². The molecule has 4 N–H and O–H groups in total. The van der Waals surface area contributed by atoms with E-state index < -0.39 is 14.4 Å². The standard InChI is InChI=1S/C17H19N4O5P/c22-9-12-6-13(7-14(12)26-27(24)25)20-15-8-16(19-10-18-15)21-17(23)11-4-2-1-3-5-11/h1-5,8,10,12-14,22H,6-7,9H2,(H2-,18,19,20,21,23,24,25)/p+1/t12-,13-,14+/m1/s1. The Bertz CT molecular complexity index is 807. The first-order valence-electron chi connectivity index (χ1n) is 8.44. The van der Waals surface area contributed by atoms with E-state index in [4.69, 9.17) is 9.42 Å². The summed E-state index contributed by atoms with van der Waals surface area (Å²) in [5.41, 5.74) is 0.519. The second kappa shape index (κ2) is 8.96. The first kappa shape index (κ1) is 19.3. The number of amides is 1. The number of carbonyl (C=O) groups is 1. The number of hydrogen-bond acceptors (Lipinski definition) is 7. The van der Waals surface area contributed by atoms with Gasteiger partial charge in [-0.25, -0.2) is 9.97 Å². The van der Waals surface area contributed by atoms with Crippen LogP contribution in [0.3, 0.4) is 0 Å². The van der Waals surface area contributed by atoms with E-state index in [9.17, 15) is 14.5 Å². The van der Waals surface area contributed by atoms with Gasteiger partial charge in [0.2, 0.25) is 0 Å². The molecule has 1 aromatic heterocycles. The molecule has 0 bridgehead atoms. The van der Waals surface area contributed by atoms with Crippen LogP contribution in [0.25, 0.3) is 0 Å². The minimum atomic E-state index is -2.72. The van der Waals surface area contributed by atoms with Crippen LogP contribution in [-0.2, 0) is 9.09 Å². The Labute approximate surface area is 156 Å². The number of nitrogens with one attached hydrogen (secondary N) is 2. The Kier molecular flexibility index (Phi) is 6.41. The smallest absolute Gasteiger partial charge is 0.396 e. The van der Waals surface area contributed by atoms with Crippen LogP contribution < -0.4 is 10.6 Å². The molecule has 1 saturated carbocycles. The van der Waals surface area contributed by atoms with Crippen molar-refractivity contribution in [1.82, 2.24) is 9.97 Å². The summed E-state index contributed by atoms with van der Waals surface area (Å²) in [5.74, 6) is 0.350. The maximum atomic E-state index is 12.2. The van der Waals surface area contributed by atoms with Gasteiger partial charge in [-0.05, 0) is 25.0 Å². The molecule has 1 unspecified atom stereocenters. The zero-order chi connectivity index (χ0) is 19.2. The van der Waals surface area contributed by atoms with Crippen molar-refractivity contribution in [3.05, 3.63) is 48.3 Å². The van der Waals surface area contributed by atoms with Crippen molar-refractivity contribution in [1.29, 1.82) is 0 Å². The van der Waals surface area contributed by atoms with Gasteiger partial charge in [0.25, 0.3) is 5.91 Å². The maximum Gasteiger partial charge on any atom is 0.695 e. The number of nitrogens with zero attached hydrogens (tertiary/aromatic N) is 2. The molecule has 0 saturated heterocycles. The van der Waals surface area contributed by atoms with Gasteiger partial charge in [0.15, 0.2) is 0 Å². The van der Waals surface area contributed by atoms with E-state index in [1.807, 2.05) is 6.07 Å². The molecule has 0 spiro atoms. The van der Waals surface area contributed by atoms with Gasteiger partial charge in [0.1, 0.15) is 24.1 Å². The topological polar surface area (TPSA) is 134 Å². The predicted octanol–water partition coefficient (Wildman–Crippen LogP) is 1.95. The van der Waals surface area contributed by atoms with Crippen molar-refractivity contribution >= 4 is 25.8 Å². The van der Waals surface area contributed by atoms with Crippen LogP contribution in [0, 0.1) is 5.92 Å². The summed E-state index contributed by atoms with van der Waals surface area (Å²) in [5, 5.41) is 15.3. The van der Waals surface area contributed by atoms with E-state index in [0.29, 0.717) is 30.0 Å². The lowest BCUT2D eigenvalue weighted by Crippen LogP contribution is -2.19. The fraction of sp³-hybridized carbons (Fsp3) is 0.353. The molecule has 1 aliphatic carbocycles. The predicted molar refractivity (Wildman–Crippen MR) is 98.3 cm³/mol. The SMILES string of the molecule is O=C(Nc1cc(N[C@@H]2C[C@H](CO)[C@@H](O[P+](=O)O)C2)ncn1)c1ccccc1. The molecular weight excluding hydrogens is 371 g/mol. The highest BCUT2D eigenvalue weighted by Gasteiger charge is 2.40. The van der Waals surface area contributed by atoms with E-state index in [2.05, 4.69) is 20.6 Å². The monoisotopic (exact) mass is 391 g/mol. The Morgan fingerprint density at radius 2 is 1.96 bits per heavy atom. The van der Waals surface area contributed by atoms with Gasteiger partial charge in [-0.1, -0.05) is 18.2 Å². The van der Waals surface area contributed by atoms with Gasteiger partial charge in [-0.3, -0.25) is 4.79 Å². The van der Waals surface area contributed by atoms with Crippen molar-refractivity contribution in [2.75, 3.05) is 17.2 Å². The van der Waals surface area contributed by atoms with Crippen LogP contribution >= 0.6 is 8.25 Å². The molecule has 1 aliphatic rings. The first-order chi connectivity index (χ1) is 13.0. The van der Waals surface area contributed by atoms with Crippen LogP contribution in [0.1, 0.15) is 23.2 Å². The molecule has 3 rings (SSSR count). The Hall–Kier alpha value is -2.45. The molecule has 10 heteroatoms. The van der Waals surface area contributed by atoms with Crippen molar-refractivity contribution < 1.29 is 23.9 Å². The van der Waals surface area contributed by atoms with Gasteiger partial charge >= 0.3 is 8.25 Å². The third kappa shape index (κ3) is 5.27. The maximum absolute atomic E-state index is 12.2.